The Kier molecular flexibility index (Phi) is 7.29. The summed E-state index contributed by atoms with van der Waals surface area (Å²) in [5.74, 6) is 2.58. The zero-order chi connectivity index (χ0) is 8.53. The van der Waals surface area contributed by atoms with E-state index in [1.165, 1.54) is 25.7 Å². The average molecular weight is 153 g/mol. The van der Waals surface area contributed by atoms with Crippen LogP contribution >= 0.6 is 0 Å². The number of nitrogens with one attached hydrogen (secondary N) is 1. The summed E-state index contributed by atoms with van der Waals surface area (Å²) in [6, 6.07) is 0.581. The van der Waals surface area contributed by atoms with Gasteiger partial charge in [0.2, 0.25) is 0 Å². The molecule has 0 heterocycles. The van der Waals surface area contributed by atoms with Gasteiger partial charge in [-0.1, -0.05) is 32.1 Å². The molecule has 0 fully saturated rings. The smallest absolute Gasteiger partial charge is 0.0575 e. The van der Waals surface area contributed by atoms with Crippen molar-refractivity contribution >= 4 is 0 Å². The summed E-state index contributed by atoms with van der Waals surface area (Å²) < 4.78 is 0. The van der Waals surface area contributed by atoms with Crippen molar-refractivity contribution in [2.45, 2.75) is 45.6 Å². The van der Waals surface area contributed by atoms with Crippen molar-refractivity contribution < 1.29 is 0 Å². The Labute approximate surface area is 70.6 Å². The lowest BCUT2D eigenvalue weighted by Crippen LogP contribution is -2.25. The fourth-order valence-corrected chi connectivity index (χ4v) is 1.04. The zero-order valence-corrected chi connectivity index (χ0v) is 7.69. The van der Waals surface area contributed by atoms with E-state index >= 15 is 0 Å². The molecule has 0 aromatic heterocycles. The first-order valence-electron chi connectivity index (χ1n) is 4.48. The molecular weight excluding hydrogens is 134 g/mol. The first kappa shape index (κ1) is 10.5. The standard InChI is InChI=1S/C10H19N/c1-4-6-7-8-10(3)11-9-5-2/h2,10-11H,4,6-9H2,1,3H3/t10-/m0/s1. The van der Waals surface area contributed by atoms with E-state index in [1.54, 1.807) is 0 Å². The van der Waals surface area contributed by atoms with Crippen LogP contribution in [-0.2, 0) is 0 Å². The number of unbranched alkanes of at least 4 members (excludes halogenated alkanes) is 2. The molecule has 11 heavy (non-hydrogen) atoms. The minimum absolute atomic E-state index is 0.581. The maximum Gasteiger partial charge on any atom is 0.0575 e. The third-order valence-electron chi connectivity index (χ3n) is 1.79. The van der Waals surface area contributed by atoms with Gasteiger partial charge in [0.1, 0.15) is 0 Å². The van der Waals surface area contributed by atoms with Gasteiger partial charge in [-0.3, -0.25) is 0 Å². The molecule has 0 amide bonds. The second-order valence-corrected chi connectivity index (χ2v) is 2.98. The second-order valence-electron chi connectivity index (χ2n) is 2.98. The van der Waals surface area contributed by atoms with Crippen molar-refractivity contribution in [3.05, 3.63) is 0 Å². The van der Waals surface area contributed by atoms with E-state index in [2.05, 4.69) is 25.1 Å². The molecule has 0 saturated carbocycles. The highest BCUT2D eigenvalue weighted by atomic mass is 14.9. The van der Waals surface area contributed by atoms with Crippen LogP contribution in [0.4, 0.5) is 0 Å². The van der Waals surface area contributed by atoms with Gasteiger partial charge < -0.3 is 5.32 Å². The van der Waals surface area contributed by atoms with Crippen LogP contribution in [0.1, 0.15) is 39.5 Å². The second kappa shape index (κ2) is 7.63. The molecule has 0 radical (unpaired) electrons. The van der Waals surface area contributed by atoms with Gasteiger partial charge in [0.05, 0.1) is 6.54 Å². The molecule has 0 spiro atoms. The van der Waals surface area contributed by atoms with E-state index < -0.39 is 0 Å². The molecule has 1 N–H and O–H groups in total. The summed E-state index contributed by atoms with van der Waals surface area (Å²) in [5, 5.41) is 3.26. The molecule has 64 valence electrons. The summed E-state index contributed by atoms with van der Waals surface area (Å²) in [6.45, 7) is 5.11. The molecule has 0 aliphatic rings. The number of rotatable bonds is 6. The fraction of sp³-hybridized carbons (Fsp3) is 0.800. The molecular formula is C10H19N. The minimum atomic E-state index is 0.581. The topological polar surface area (TPSA) is 12.0 Å². The van der Waals surface area contributed by atoms with Gasteiger partial charge in [0.15, 0.2) is 0 Å². The molecule has 0 aliphatic heterocycles. The Morgan fingerprint density at radius 2 is 2.18 bits per heavy atom. The van der Waals surface area contributed by atoms with Crippen LogP contribution < -0.4 is 5.32 Å². The molecule has 0 saturated heterocycles. The van der Waals surface area contributed by atoms with Crippen molar-refractivity contribution in [2.75, 3.05) is 6.54 Å². The van der Waals surface area contributed by atoms with Gasteiger partial charge >= 0.3 is 0 Å². The Bertz CT molecular complexity index is 113. The van der Waals surface area contributed by atoms with Gasteiger partial charge in [-0.15, -0.1) is 6.42 Å². The van der Waals surface area contributed by atoms with Crippen LogP contribution in [0.5, 0.6) is 0 Å². The lowest BCUT2D eigenvalue weighted by molar-refractivity contribution is 0.512. The van der Waals surface area contributed by atoms with Crippen LogP contribution in [0.2, 0.25) is 0 Å². The van der Waals surface area contributed by atoms with E-state index in [4.69, 9.17) is 6.42 Å². The predicted molar refractivity (Wildman–Crippen MR) is 50.4 cm³/mol. The van der Waals surface area contributed by atoms with Gasteiger partial charge in [0, 0.05) is 6.04 Å². The highest BCUT2D eigenvalue weighted by molar-refractivity contribution is 4.87. The molecule has 1 heteroatoms. The maximum absolute atomic E-state index is 5.12. The van der Waals surface area contributed by atoms with Crippen LogP contribution in [0.3, 0.4) is 0 Å². The largest absolute Gasteiger partial charge is 0.304 e. The van der Waals surface area contributed by atoms with Crippen LogP contribution in [0.15, 0.2) is 0 Å². The van der Waals surface area contributed by atoms with Crippen molar-refractivity contribution in [1.82, 2.24) is 5.32 Å². The quantitative estimate of drug-likeness (QED) is 0.455. The minimum Gasteiger partial charge on any atom is -0.304 e. The van der Waals surface area contributed by atoms with Crippen molar-refractivity contribution in [3.63, 3.8) is 0 Å². The van der Waals surface area contributed by atoms with E-state index in [0.29, 0.717) is 12.6 Å². The summed E-state index contributed by atoms with van der Waals surface area (Å²) in [7, 11) is 0. The lowest BCUT2D eigenvalue weighted by Gasteiger charge is -2.10. The number of terminal acetylenes is 1. The summed E-state index contributed by atoms with van der Waals surface area (Å²) >= 11 is 0. The molecule has 1 nitrogen and oxygen atoms in total. The van der Waals surface area contributed by atoms with Crippen LogP contribution in [-0.4, -0.2) is 12.6 Å². The van der Waals surface area contributed by atoms with Crippen molar-refractivity contribution in [1.29, 1.82) is 0 Å². The third-order valence-corrected chi connectivity index (χ3v) is 1.79. The molecule has 0 aromatic carbocycles. The Hall–Kier alpha value is -0.480. The zero-order valence-electron chi connectivity index (χ0n) is 7.69. The first-order valence-corrected chi connectivity index (χ1v) is 4.48. The summed E-state index contributed by atoms with van der Waals surface area (Å²) in [5.41, 5.74) is 0. The van der Waals surface area contributed by atoms with Gasteiger partial charge in [0.25, 0.3) is 0 Å². The van der Waals surface area contributed by atoms with Crippen molar-refractivity contribution in [2.24, 2.45) is 0 Å². The van der Waals surface area contributed by atoms with Crippen LogP contribution in [0, 0.1) is 12.3 Å². The van der Waals surface area contributed by atoms with Gasteiger partial charge in [-0.25, -0.2) is 0 Å². The molecule has 0 unspecified atom stereocenters. The molecule has 0 aliphatic carbocycles. The van der Waals surface area contributed by atoms with Gasteiger partial charge in [-0.05, 0) is 13.3 Å². The SMILES string of the molecule is C#CCN[C@@H](C)CCCCC. The molecule has 0 aromatic rings. The van der Waals surface area contributed by atoms with E-state index in [9.17, 15) is 0 Å². The van der Waals surface area contributed by atoms with E-state index in [1.807, 2.05) is 0 Å². The maximum atomic E-state index is 5.12. The lowest BCUT2D eigenvalue weighted by atomic mass is 10.1. The normalized spacial score (nSPS) is 12.5. The fourth-order valence-electron chi connectivity index (χ4n) is 1.04. The van der Waals surface area contributed by atoms with Gasteiger partial charge in [-0.2, -0.15) is 0 Å². The summed E-state index contributed by atoms with van der Waals surface area (Å²) in [4.78, 5) is 0. The monoisotopic (exact) mass is 153 g/mol. The average Bonchev–Trinajstić information content (AvgIpc) is 2.01. The number of hydrogen-bond acceptors (Lipinski definition) is 1. The molecule has 0 rings (SSSR count). The highest BCUT2D eigenvalue weighted by Gasteiger charge is 1.97. The predicted octanol–water partition coefficient (Wildman–Crippen LogP) is 2.18. The van der Waals surface area contributed by atoms with Crippen LogP contribution in [0.25, 0.3) is 0 Å². The molecule has 1 atom stereocenters. The highest BCUT2D eigenvalue weighted by Crippen LogP contribution is 2.01. The Morgan fingerprint density at radius 3 is 2.73 bits per heavy atom. The van der Waals surface area contributed by atoms with Crippen molar-refractivity contribution in [3.8, 4) is 12.3 Å². The third kappa shape index (κ3) is 7.42. The summed E-state index contributed by atoms with van der Waals surface area (Å²) in [6.07, 6.45) is 10.3. The van der Waals surface area contributed by atoms with E-state index in [-0.39, 0.29) is 0 Å². The Balaban J connectivity index is 3.10. The molecule has 0 bridgehead atoms. The Morgan fingerprint density at radius 1 is 1.45 bits per heavy atom. The number of hydrogen-bond donors (Lipinski definition) is 1. The first-order chi connectivity index (χ1) is 5.31. The van der Waals surface area contributed by atoms with E-state index in [0.717, 1.165) is 0 Å².